The van der Waals surface area contributed by atoms with Crippen LogP contribution in [0.25, 0.3) is 0 Å². The molecule has 0 spiro atoms. The molecule has 2 bridgehead atoms. The van der Waals surface area contributed by atoms with Gasteiger partial charge in [0.05, 0.1) is 30.5 Å². The molecule has 168 valence electrons. The van der Waals surface area contributed by atoms with E-state index in [9.17, 15) is 0 Å². The van der Waals surface area contributed by atoms with E-state index in [0.717, 1.165) is 38.1 Å². The van der Waals surface area contributed by atoms with Gasteiger partial charge in [0.15, 0.2) is 0 Å². The van der Waals surface area contributed by atoms with E-state index in [1.807, 2.05) is 0 Å². The highest BCUT2D eigenvalue weighted by Crippen LogP contribution is 2.36. The van der Waals surface area contributed by atoms with Gasteiger partial charge < -0.3 is 14.0 Å². The summed E-state index contributed by atoms with van der Waals surface area (Å²) in [5.41, 5.74) is 4.70. The molecule has 3 aliphatic heterocycles. The summed E-state index contributed by atoms with van der Waals surface area (Å²) in [6.07, 6.45) is 4.51. The van der Waals surface area contributed by atoms with Gasteiger partial charge in [0.1, 0.15) is 0 Å². The highest BCUT2D eigenvalue weighted by molar-refractivity contribution is 6.62. The van der Waals surface area contributed by atoms with Crippen LogP contribution in [0.15, 0.2) is 66.2 Å². The summed E-state index contributed by atoms with van der Waals surface area (Å²) in [7, 11) is -0.300. The van der Waals surface area contributed by atoms with Gasteiger partial charge in [-0.1, -0.05) is 66.2 Å². The molecule has 0 radical (unpaired) electrons. The van der Waals surface area contributed by atoms with Gasteiger partial charge in [0.25, 0.3) is 0 Å². The van der Waals surface area contributed by atoms with Gasteiger partial charge in [-0.15, -0.1) is 0 Å². The Labute approximate surface area is 192 Å². The Morgan fingerprint density at radius 2 is 1.56 bits per heavy atom. The maximum atomic E-state index is 6.20. The molecule has 32 heavy (non-hydrogen) atoms. The maximum absolute atomic E-state index is 6.20. The molecular weight excluding hydrogens is 397 g/mol. The normalized spacial score (nSPS) is 26.8. The van der Waals surface area contributed by atoms with Crippen LogP contribution in [0.3, 0.4) is 0 Å². The third kappa shape index (κ3) is 4.32. The summed E-state index contributed by atoms with van der Waals surface area (Å²) in [4.78, 5) is 2.61. The van der Waals surface area contributed by atoms with Gasteiger partial charge >= 0.3 is 7.12 Å². The van der Waals surface area contributed by atoms with Crippen LogP contribution in [-0.2, 0) is 27.0 Å². The summed E-state index contributed by atoms with van der Waals surface area (Å²) >= 11 is 0. The Balaban J connectivity index is 1.26. The summed E-state index contributed by atoms with van der Waals surface area (Å²) in [5, 5.41) is 0. The van der Waals surface area contributed by atoms with Crippen LogP contribution in [0.2, 0.25) is 0 Å². The van der Waals surface area contributed by atoms with E-state index in [-0.39, 0.29) is 18.3 Å². The molecule has 0 aromatic heterocycles. The summed E-state index contributed by atoms with van der Waals surface area (Å²) < 4.78 is 18.3. The van der Waals surface area contributed by atoms with Crippen molar-refractivity contribution in [3.63, 3.8) is 0 Å². The van der Waals surface area contributed by atoms with E-state index in [1.165, 1.54) is 16.7 Å². The molecule has 5 heteroatoms. The van der Waals surface area contributed by atoms with Crippen molar-refractivity contribution in [3.05, 3.63) is 77.4 Å². The lowest BCUT2D eigenvalue weighted by Crippen LogP contribution is -2.53. The van der Waals surface area contributed by atoms with Gasteiger partial charge in [0.2, 0.25) is 0 Å². The average molecular weight is 431 g/mol. The fourth-order valence-corrected chi connectivity index (χ4v) is 4.96. The number of morpholine rings is 1. The highest BCUT2D eigenvalue weighted by Gasteiger charge is 2.51. The van der Waals surface area contributed by atoms with E-state index in [4.69, 9.17) is 14.0 Å². The first kappa shape index (κ1) is 21.9. The molecule has 0 saturated carbocycles. The second kappa shape index (κ2) is 8.46. The smallest absolute Gasteiger partial charge is 0.399 e. The first-order valence-electron chi connectivity index (χ1n) is 11.8. The molecule has 3 heterocycles. The van der Waals surface area contributed by atoms with Crippen molar-refractivity contribution in [2.75, 3.05) is 13.2 Å². The second-order valence-corrected chi connectivity index (χ2v) is 10.5. The summed E-state index contributed by atoms with van der Waals surface area (Å²) in [6.45, 7) is 11.0. The van der Waals surface area contributed by atoms with Gasteiger partial charge in [-0.25, -0.2) is 0 Å². The molecule has 2 saturated heterocycles. The molecular formula is C27H34BNO3. The molecule has 2 fully saturated rings. The van der Waals surface area contributed by atoms with Gasteiger partial charge in [-0.2, -0.15) is 0 Å². The fraction of sp³-hybridized carbons (Fsp3) is 0.481. The standard InChI is InChI=1S/C27H34BNO3/c1-26(2)27(3,4)32-28(31-26)23-12-10-20(11-13-23)14-22-15-24-18-30-19-25(16-22)29(24)17-21-8-6-5-7-9-21/h5-13,15,24-25H,14,16-19H2,1-4H3. The summed E-state index contributed by atoms with van der Waals surface area (Å²) in [6, 6.07) is 20.4. The third-order valence-corrected chi connectivity index (χ3v) is 7.56. The quantitative estimate of drug-likeness (QED) is 0.526. The van der Waals surface area contributed by atoms with Crippen molar-refractivity contribution in [1.29, 1.82) is 0 Å². The topological polar surface area (TPSA) is 30.9 Å². The zero-order valence-electron chi connectivity index (χ0n) is 19.7. The van der Waals surface area contributed by atoms with Crippen LogP contribution in [0.5, 0.6) is 0 Å². The fourth-order valence-electron chi connectivity index (χ4n) is 4.96. The van der Waals surface area contributed by atoms with E-state index in [1.54, 1.807) is 0 Å². The van der Waals surface area contributed by atoms with Crippen molar-refractivity contribution >= 4 is 12.6 Å². The molecule has 0 amide bonds. The van der Waals surface area contributed by atoms with Crippen molar-refractivity contribution in [1.82, 2.24) is 4.90 Å². The summed E-state index contributed by atoms with van der Waals surface area (Å²) in [5.74, 6) is 0. The minimum Gasteiger partial charge on any atom is -0.399 e. The maximum Gasteiger partial charge on any atom is 0.494 e. The lowest BCUT2D eigenvalue weighted by Gasteiger charge is -2.45. The van der Waals surface area contributed by atoms with Crippen LogP contribution < -0.4 is 5.46 Å². The Bertz CT molecular complexity index is 954. The minimum atomic E-state index is -0.311. The number of hydrogen-bond acceptors (Lipinski definition) is 4. The predicted octanol–water partition coefficient (Wildman–Crippen LogP) is 4.13. The van der Waals surface area contributed by atoms with E-state index in [2.05, 4.69) is 93.3 Å². The predicted molar refractivity (Wildman–Crippen MR) is 129 cm³/mol. The first-order valence-corrected chi connectivity index (χ1v) is 11.8. The Morgan fingerprint density at radius 3 is 2.22 bits per heavy atom. The zero-order chi connectivity index (χ0) is 22.3. The van der Waals surface area contributed by atoms with E-state index in [0.29, 0.717) is 12.1 Å². The molecule has 2 atom stereocenters. The molecule has 0 N–H and O–H groups in total. The number of benzene rings is 2. The minimum absolute atomic E-state index is 0.300. The zero-order valence-corrected chi connectivity index (χ0v) is 19.7. The van der Waals surface area contributed by atoms with Crippen molar-refractivity contribution < 1.29 is 14.0 Å². The van der Waals surface area contributed by atoms with Gasteiger partial charge in [0, 0.05) is 12.6 Å². The SMILES string of the molecule is CC1(C)OB(c2ccc(CC3=CC4COCC(C3)N4Cc3ccccc3)cc2)OC1(C)C. The molecule has 2 aromatic rings. The monoisotopic (exact) mass is 431 g/mol. The number of hydrogen-bond donors (Lipinski definition) is 0. The molecule has 4 nitrogen and oxygen atoms in total. The van der Waals surface area contributed by atoms with Crippen molar-refractivity contribution in [3.8, 4) is 0 Å². The molecule has 3 aliphatic rings. The van der Waals surface area contributed by atoms with Gasteiger partial charge in [-0.3, -0.25) is 4.90 Å². The molecule has 2 aromatic carbocycles. The first-order chi connectivity index (χ1) is 15.3. The van der Waals surface area contributed by atoms with Crippen molar-refractivity contribution in [2.45, 2.75) is 70.4 Å². The van der Waals surface area contributed by atoms with Crippen LogP contribution in [0.1, 0.15) is 45.2 Å². The largest absolute Gasteiger partial charge is 0.494 e. The number of fused-ring (bicyclic) bond motifs is 2. The lowest BCUT2D eigenvalue weighted by molar-refractivity contribution is -0.0440. The number of ether oxygens (including phenoxy) is 1. The molecule has 2 unspecified atom stereocenters. The molecule has 5 rings (SSSR count). The van der Waals surface area contributed by atoms with Crippen LogP contribution >= 0.6 is 0 Å². The Kier molecular flexibility index (Phi) is 5.79. The highest BCUT2D eigenvalue weighted by atomic mass is 16.7. The average Bonchev–Trinajstić information content (AvgIpc) is 2.97. The van der Waals surface area contributed by atoms with Crippen LogP contribution in [0.4, 0.5) is 0 Å². The van der Waals surface area contributed by atoms with Crippen LogP contribution in [0, 0.1) is 0 Å². The Hall–Kier alpha value is -1.92. The number of nitrogens with zero attached hydrogens (tertiary/aromatic N) is 1. The second-order valence-electron chi connectivity index (χ2n) is 10.5. The number of rotatable bonds is 5. The third-order valence-electron chi connectivity index (χ3n) is 7.56. The van der Waals surface area contributed by atoms with Gasteiger partial charge in [-0.05, 0) is 57.1 Å². The van der Waals surface area contributed by atoms with E-state index >= 15 is 0 Å². The van der Waals surface area contributed by atoms with E-state index < -0.39 is 0 Å². The lowest BCUT2D eigenvalue weighted by atomic mass is 9.78. The van der Waals surface area contributed by atoms with Crippen molar-refractivity contribution in [2.24, 2.45) is 0 Å². The molecule has 0 aliphatic carbocycles. The Morgan fingerprint density at radius 1 is 0.875 bits per heavy atom. The van der Waals surface area contributed by atoms with Crippen LogP contribution in [-0.4, -0.2) is 48.5 Å².